The van der Waals surface area contributed by atoms with E-state index in [0.29, 0.717) is 19.8 Å². The van der Waals surface area contributed by atoms with E-state index in [0.717, 1.165) is 47.4 Å². The number of aryl methyl sites for hydroxylation is 1. The number of hydrogen-bond donors (Lipinski definition) is 0. The molecule has 0 aliphatic carbocycles. The van der Waals surface area contributed by atoms with Gasteiger partial charge in [-0.1, -0.05) is 91.0 Å². The minimum Gasteiger partial charge on any atom is -0.375 e. The summed E-state index contributed by atoms with van der Waals surface area (Å²) in [6.45, 7) is 4.37. The summed E-state index contributed by atoms with van der Waals surface area (Å²) in [7, 11) is 0. The monoisotopic (exact) mass is 540 g/mol. The molecule has 0 spiro atoms. The quantitative estimate of drug-likeness (QED) is 0.220. The molecule has 2 fully saturated rings. The SMILES string of the molecule is Cc1csc(C2(C3CCCO3)OCCC(OCc3ccccc3)C2(OCc2ccccc2)c2ccccc2)c1. The molecule has 39 heavy (non-hydrogen) atoms. The molecule has 0 amide bonds. The molecule has 0 bridgehead atoms. The first-order chi connectivity index (χ1) is 19.2. The van der Waals surface area contributed by atoms with E-state index in [2.05, 4.69) is 97.2 Å². The zero-order valence-electron chi connectivity index (χ0n) is 22.5. The maximum atomic E-state index is 7.31. The van der Waals surface area contributed by atoms with Crippen molar-refractivity contribution in [2.24, 2.45) is 0 Å². The van der Waals surface area contributed by atoms with Crippen molar-refractivity contribution in [3.8, 4) is 0 Å². The molecule has 3 heterocycles. The van der Waals surface area contributed by atoms with Crippen LogP contribution in [0.1, 0.15) is 46.4 Å². The lowest BCUT2D eigenvalue weighted by Gasteiger charge is -2.57. The van der Waals surface area contributed by atoms with Gasteiger partial charge >= 0.3 is 0 Å². The molecule has 1 aromatic heterocycles. The van der Waals surface area contributed by atoms with Gasteiger partial charge in [0.2, 0.25) is 0 Å². The molecule has 2 saturated heterocycles. The second kappa shape index (κ2) is 11.7. The van der Waals surface area contributed by atoms with Crippen LogP contribution in [-0.2, 0) is 43.4 Å². The number of ether oxygens (including phenoxy) is 4. The molecular formula is C34H36O4S. The first-order valence-corrected chi connectivity index (χ1v) is 14.8. The van der Waals surface area contributed by atoms with Crippen molar-refractivity contribution < 1.29 is 18.9 Å². The summed E-state index contributed by atoms with van der Waals surface area (Å²) in [5, 5.41) is 2.21. The Kier molecular flexibility index (Phi) is 7.96. The average Bonchev–Trinajstić information content (AvgIpc) is 3.69. The number of hydrogen-bond acceptors (Lipinski definition) is 5. The highest BCUT2D eigenvalue weighted by atomic mass is 32.1. The topological polar surface area (TPSA) is 36.9 Å². The van der Waals surface area contributed by atoms with Crippen LogP contribution in [0.25, 0.3) is 0 Å². The fourth-order valence-electron chi connectivity index (χ4n) is 6.26. The van der Waals surface area contributed by atoms with E-state index >= 15 is 0 Å². The zero-order valence-corrected chi connectivity index (χ0v) is 23.3. The van der Waals surface area contributed by atoms with Crippen LogP contribution in [-0.4, -0.2) is 25.4 Å². The lowest BCUT2D eigenvalue weighted by Crippen LogP contribution is -2.67. The molecule has 202 valence electrons. The van der Waals surface area contributed by atoms with Crippen molar-refractivity contribution >= 4 is 11.3 Å². The van der Waals surface area contributed by atoms with E-state index in [1.54, 1.807) is 11.3 Å². The average molecular weight is 541 g/mol. The van der Waals surface area contributed by atoms with Crippen molar-refractivity contribution in [3.63, 3.8) is 0 Å². The predicted octanol–water partition coefficient (Wildman–Crippen LogP) is 7.55. The summed E-state index contributed by atoms with van der Waals surface area (Å²) in [6, 6.07) is 33.6. The van der Waals surface area contributed by atoms with E-state index in [9.17, 15) is 0 Å². The molecule has 2 aliphatic heterocycles. The highest BCUT2D eigenvalue weighted by molar-refractivity contribution is 7.10. The fraction of sp³-hybridized carbons (Fsp3) is 0.353. The van der Waals surface area contributed by atoms with Crippen molar-refractivity contribution in [1.29, 1.82) is 0 Å². The Balaban J connectivity index is 1.54. The normalized spacial score (nSPS) is 27.0. The second-order valence-electron chi connectivity index (χ2n) is 10.5. The minimum atomic E-state index is -0.941. The summed E-state index contributed by atoms with van der Waals surface area (Å²) in [4.78, 5) is 1.14. The fourth-order valence-corrected chi connectivity index (χ4v) is 7.41. The van der Waals surface area contributed by atoms with Crippen LogP contribution >= 0.6 is 11.3 Å². The third-order valence-corrected chi connectivity index (χ3v) is 9.17. The molecule has 4 aromatic rings. The van der Waals surface area contributed by atoms with Crippen molar-refractivity contribution in [3.05, 3.63) is 130 Å². The summed E-state index contributed by atoms with van der Waals surface area (Å²) in [6.07, 6.45) is 2.21. The highest BCUT2D eigenvalue weighted by Gasteiger charge is 2.67. The van der Waals surface area contributed by atoms with E-state index < -0.39 is 11.2 Å². The Hall–Kier alpha value is -2.80. The van der Waals surface area contributed by atoms with Crippen molar-refractivity contribution in [1.82, 2.24) is 0 Å². The summed E-state index contributed by atoms with van der Waals surface area (Å²) >= 11 is 1.74. The van der Waals surface area contributed by atoms with Gasteiger partial charge in [0.05, 0.1) is 32.0 Å². The molecule has 4 unspecified atom stereocenters. The van der Waals surface area contributed by atoms with Crippen LogP contribution in [0.15, 0.2) is 102 Å². The van der Waals surface area contributed by atoms with Gasteiger partial charge in [-0.3, -0.25) is 0 Å². The van der Waals surface area contributed by atoms with E-state index in [4.69, 9.17) is 18.9 Å². The lowest BCUT2D eigenvalue weighted by atomic mass is 9.66. The van der Waals surface area contributed by atoms with Crippen LogP contribution in [0, 0.1) is 6.92 Å². The molecule has 4 nitrogen and oxygen atoms in total. The second-order valence-corrected chi connectivity index (χ2v) is 11.4. The first kappa shape index (κ1) is 26.4. The Morgan fingerprint density at radius 2 is 1.49 bits per heavy atom. The van der Waals surface area contributed by atoms with Crippen LogP contribution < -0.4 is 0 Å². The minimum absolute atomic E-state index is 0.158. The van der Waals surface area contributed by atoms with Crippen LogP contribution in [0.3, 0.4) is 0 Å². The van der Waals surface area contributed by atoms with Crippen molar-refractivity contribution in [2.75, 3.05) is 13.2 Å². The third kappa shape index (κ3) is 4.99. The lowest BCUT2D eigenvalue weighted by molar-refractivity contribution is -0.330. The van der Waals surface area contributed by atoms with Gasteiger partial charge in [-0.05, 0) is 53.5 Å². The Labute approximate surface area is 235 Å². The molecule has 0 radical (unpaired) electrons. The van der Waals surface area contributed by atoms with E-state index in [1.165, 1.54) is 5.56 Å². The molecule has 6 rings (SSSR count). The van der Waals surface area contributed by atoms with Gasteiger partial charge in [0.15, 0.2) is 11.2 Å². The van der Waals surface area contributed by atoms with E-state index in [1.807, 2.05) is 12.1 Å². The summed E-state index contributed by atoms with van der Waals surface area (Å²) < 4.78 is 27.8. The van der Waals surface area contributed by atoms with Crippen LogP contribution in [0.2, 0.25) is 0 Å². The summed E-state index contributed by atoms with van der Waals surface area (Å²) in [5.74, 6) is 0. The molecule has 3 aromatic carbocycles. The Morgan fingerprint density at radius 1 is 0.821 bits per heavy atom. The standard InChI is InChI=1S/C34H36O4S/c1-26-22-32(39-25-26)34(30-18-11-20-35-30)33(29-16-9-4-10-17-29,38-24-28-14-7-3-8-15-28)31(19-21-37-34)36-23-27-12-5-2-6-13-27/h2-10,12-17,22,25,30-31H,11,18-21,23-24H2,1H3. The Bertz CT molecular complexity index is 1320. The summed E-state index contributed by atoms with van der Waals surface area (Å²) in [5.41, 5.74) is 2.72. The number of benzene rings is 3. The number of rotatable bonds is 9. The van der Waals surface area contributed by atoms with Crippen LogP contribution in [0.4, 0.5) is 0 Å². The molecule has 4 atom stereocenters. The largest absolute Gasteiger partial charge is 0.375 e. The van der Waals surface area contributed by atoms with Gasteiger partial charge in [-0.2, -0.15) is 0 Å². The molecule has 0 saturated carbocycles. The van der Waals surface area contributed by atoms with Gasteiger partial charge < -0.3 is 18.9 Å². The molecule has 5 heteroatoms. The van der Waals surface area contributed by atoms with Crippen molar-refractivity contribution in [2.45, 2.75) is 62.8 Å². The smallest absolute Gasteiger partial charge is 0.164 e. The molecular weight excluding hydrogens is 504 g/mol. The number of thiophene rings is 1. The Morgan fingerprint density at radius 3 is 2.10 bits per heavy atom. The maximum Gasteiger partial charge on any atom is 0.164 e. The first-order valence-electron chi connectivity index (χ1n) is 13.9. The highest BCUT2D eigenvalue weighted by Crippen LogP contribution is 2.58. The molecule has 0 N–H and O–H groups in total. The van der Waals surface area contributed by atoms with Gasteiger partial charge in [0.1, 0.15) is 0 Å². The van der Waals surface area contributed by atoms with Gasteiger partial charge in [0.25, 0.3) is 0 Å². The zero-order chi connectivity index (χ0) is 26.5. The molecule has 2 aliphatic rings. The van der Waals surface area contributed by atoms with Gasteiger partial charge in [0, 0.05) is 17.9 Å². The van der Waals surface area contributed by atoms with Gasteiger partial charge in [-0.25, -0.2) is 0 Å². The van der Waals surface area contributed by atoms with Gasteiger partial charge in [-0.15, -0.1) is 11.3 Å². The third-order valence-electron chi connectivity index (χ3n) is 8.00. The van der Waals surface area contributed by atoms with Crippen LogP contribution in [0.5, 0.6) is 0 Å². The predicted molar refractivity (Wildman–Crippen MR) is 155 cm³/mol. The van der Waals surface area contributed by atoms with E-state index in [-0.39, 0.29) is 12.2 Å². The maximum absolute atomic E-state index is 7.31.